The Bertz CT molecular complexity index is 5030. The van der Waals surface area contributed by atoms with Crippen molar-refractivity contribution >= 4 is 75.1 Å². The molecule has 23 nitrogen and oxygen atoms in total. The Morgan fingerprint density at radius 2 is 0.911 bits per heavy atom. The summed E-state index contributed by atoms with van der Waals surface area (Å²) >= 11 is 0. The number of rotatable bonds is 15. The molecule has 7 aromatic rings. The molecule has 10 rings (SSSR count). The molecular weight excluding hydrogens is 1470 g/mol. The zero-order valence-corrected chi connectivity index (χ0v) is 54.9. The van der Waals surface area contributed by atoms with E-state index in [4.69, 9.17) is 5.73 Å². The maximum atomic E-state index is 13.6. The Hall–Kier alpha value is -9.10. The number of pyridine rings is 6. The SMILES string of the molecule is CCS(=O)(=O)c1cc(C(F)(F)F)cnc1-c1nc2cc(C(F)(F)F)n(C3CC3)c(=O)c2n1C.CCS(=O)(=O)c1cc(C(F)(F)F)cnc1C(=O)N(C)c1c(N)cc(C(F)(F)F)n(C2CC2)c1=O.CCS(=O)(=O)c1cc(C(F)(F)F)cnc1C(=O)Nc1cc(C(F)(F)F)n(C2CC2)c(=O)c1NC. The van der Waals surface area contributed by atoms with Crippen LogP contribution in [0.3, 0.4) is 0 Å². The molecule has 3 aliphatic carbocycles. The highest BCUT2D eigenvalue weighted by molar-refractivity contribution is 7.92. The van der Waals surface area contributed by atoms with Crippen LogP contribution in [0.1, 0.15) is 132 Å². The van der Waals surface area contributed by atoms with Gasteiger partial charge in [0, 0.05) is 57.9 Å². The number of amides is 2. The van der Waals surface area contributed by atoms with Crippen molar-refractivity contribution in [3.05, 3.63) is 131 Å². The number of nitrogen functional groups attached to an aromatic ring is 1. The van der Waals surface area contributed by atoms with E-state index in [1.807, 2.05) is 5.32 Å². The molecule has 7 heterocycles. The van der Waals surface area contributed by atoms with Gasteiger partial charge >= 0.3 is 37.1 Å². The van der Waals surface area contributed by atoms with E-state index in [9.17, 15) is 128 Å². The lowest BCUT2D eigenvalue weighted by Crippen LogP contribution is -2.38. The third kappa shape index (κ3) is 16.0. The zero-order chi connectivity index (χ0) is 75.9. The molecule has 0 bridgehead atoms. The molecule has 0 atom stereocenters. The van der Waals surface area contributed by atoms with Gasteiger partial charge in [-0.15, -0.1) is 0 Å². The van der Waals surface area contributed by atoms with Crippen molar-refractivity contribution in [2.24, 2.45) is 7.05 Å². The number of anilines is 4. The van der Waals surface area contributed by atoms with Crippen LogP contribution in [-0.4, -0.2) is 107 Å². The highest BCUT2D eigenvalue weighted by Gasteiger charge is 2.46. The van der Waals surface area contributed by atoms with E-state index in [1.165, 1.54) is 21.0 Å². The van der Waals surface area contributed by atoms with Crippen molar-refractivity contribution in [3.63, 3.8) is 0 Å². The molecule has 0 radical (unpaired) electrons. The summed E-state index contributed by atoms with van der Waals surface area (Å²) in [4.78, 5) is 76.5. The van der Waals surface area contributed by atoms with Crippen LogP contribution in [-0.2, 0) is 73.6 Å². The first-order valence-corrected chi connectivity index (χ1v) is 34.1. The van der Waals surface area contributed by atoms with Crippen LogP contribution in [0.4, 0.5) is 102 Å². The molecule has 44 heteroatoms. The standard InChI is InChI=1S/2C19H18F6N4O4S.C19H16F6N4O3S/c1-3-34(32,33)12-6-9(18(20,21)22)8-27-14(12)16(30)28(2)15-11(26)7-13(19(23,24)25)29(17(15)31)10-4-5-10;1-3-34(32,33)12-6-9(18(20,21)22)8-27-15(12)16(30)28-11-7-13(19(23,24)25)29(10-4-5-10)17(31)14(11)26-2;1-3-33(31,32)12-6-9(18(20,21)22)8-26-14(12)16-27-11-7-13(19(23,24)25)29(10-4-5-10)17(30)15(11)28(16)2/h6-8,10H,3-5,26H2,1-2H3;6-8,10,26H,3-5H2,1-2H3,(H,28,30);6-8,10H,3-5H2,1-2H3. The van der Waals surface area contributed by atoms with Gasteiger partial charge in [-0.25, -0.2) is 40.2 Å². The number of hydrogen-bond acceptors (Lipinski definition) is 17. The molecule has 3 fully saturated rings. The molecule has 0 spiro atoms. The zero-order valence-electron chi connectivity index (χ0n) is 52.4. The Balaban J connectivity index is 0.000000192. The second kappa shape index (κ2) is 27.0. The third-order valence-electron chi connectivity index (χ3n) is 15.6. The van der Waals surface area contributed by atoms with Crippen LogP contribution >= 0.6 is 0 Å². The summed E-state index contributed by atoms with van der Waals surface area (Å²) in [6.45, 7) is 3.48. The minimum absolute atomic E-state index is 0.228. The van der Waals surface area contributed by atoms with E-state index in [2.05, 4.69) is 25.3 Å². The molecular formula is C57H52F18N12O11S3. The Labute approximate surface area is 556 Å². The fourth-order valence-electron chi connectivity index (χ4n) is 10.1. The molecule has 550 valence electrons. The van der Waals surface area contributed by atoms with Gasteiger partial charge in [-0.05, 0) is 74.9 Å². The number of aromatic nitrogens is 8. The van der Waals surface area contributed by atoms with Crippen LogP contribution in [0.15, 0.2) is 84.1 Å². The molecule has 0 aliphatic heterocycles. The van der Waals surface area contributed by atoms with Crippen molar-refractivity contribution in [1.82, 2.24) is 38.2 Å². The number of aryl methyl sites for hydroxylation is 1. The molecule has 0 saturated heterocycles. The van der Waals surface area contributed by atoms with Crippen molar-refractivity contribution < 1.29 is 114 Å². The summed E-state index contributed by atoms with van der Waals surface area (Å²) in [6.07, 6.45) is -26.6. The van der Waals surface area contributed by atoms with Gasteiger partial charge in [-0.2, -0.15) is 79.0 Å². The van der Waals surface area contributed by atoms with E-state index in [0.29, 0.717) is 74.7 Å². The molecule has 3 aliphatic rings. The monoisotopic (exact) mass is 1520 g/mol. The first-order valence-electron chi connectivity index (χ1n) is 29.1. The fraction of sp³-hybridized carbons (Fsp3) is 0.421. The van der Waals surface area contributed by atoms with Crippen molar-refractivity contribution in [1.29, 1.82) is 0 Å². The summed E-state index contributed by atoms with van der Waals surface area (Å²) in [6, 6.07) is 0.464. The number of nitrogens with two attached hydrogens (primary N) is 1. The minimum Gasteiger partial charge on any atom is -0.397 e. The summed E-state index contributed by atoms with van der Waals surface area (Å²) in [5, 5.41) is 4.39. The topological polar surface area (TPSA) is 312 Å². The Morgan fingerprint density at radius 3 is 1.33 bits per heavy atom. The van der Waals surface area contributed by atoms with Crippen molar-refractivity contribution in [2.45, 2.75) is 129 Å². The van der Waals surface area contributed by atoms with Gasteiger partial charge < -0.3 is 25.8 Å². The number of hydrogen-bond donors (Lipinski definition) is 3. The van der Waals surface area contributed by atoms with Gasteiger partial charge in [0.1, 0.15) is 51.1 Å². The molecule has 4 N–H and O–H groups in total. The largest absolute Gasteiger partial charge is 0.431 e. The number of nitrogens with one attached hydrogen (secondary N) is 2. The molecule has 0 unspecified atom stereocenters. The lowest BCUT2D eigenvalue weighted by atomic mass is 10.2. The van der Waals surface area contributed by atoms with Gasteiger partial charge in [0.15, 0.2) is 35.3 Å². The predicted molar refractivity (Wildman–Crippen MR) is 321 cm³/mol. The van der Waals surface area contributed by atoms with E-state index < -0.39 is 219 Å². The van der Waals surface area contributed by atoms with E-state index in [-0.39, 0.29) is 54.2 Å². The summed E-state index contributed by atoms with van der Waals surface area (Å²) in [7, 11) is -9.63. The molecule has 7 aromatic heterocycles. The minimum atomic E-state index is -4.96. The van der Waals surface area contributed by atoms with Gasteiger partial charge in [-0.3, -0.25) is 42.7 Å². The average Bonchev–Trinajstić information content (AvgIpc) is 1.31. The van der Waals surface area contributed by atoms with Crippen LogP contribution < -0.4 is 37.9 Å². The third-order valence-corrected chi connectivity index (χ3v) is 20.9. The van der Waals surface area contributed by atoms with Crippen LogP contribution in [0.2, 0.25) is 0 Å². The number of nitrogens with zero attached hydrogens (tertiary/aromatic N) is 9. The number of carbonyl (C=O) groups excluding carboxylic acids is 2. The maximum Gasteiger partial charge on any atom is 0.431 e. The lowest BCUT2D eigenvalue weighted by Gasteiger charge is -2.23. The van der Waals surface area contributed by atoms with Crippen LogP contribution in [0.5, 0.6) is 0 Å². The van der Waals surface area contributed by atoms with Gasteiger partial charge in [0.2, 0.25) is 0 Å². The smallest absolute Gasteiger partial charge is 0.397 e. The number of halogens is 18. The summed E-state index contributed by atoms with van der Waals surface area (Å²) in [5.74, 6) is -4.99. The maximum absolute atomic E-state index is 13.6. The number of fused-ring (bicyclic) bond motifs is 1. The van der Waals surface area contributed by atoms with E-state index >= 15 is 0 Å². The fourth-order valence-corrected chi connectivity index (χ4v) is 13.3. The highest BCUT2D eigenvalue weighted by Crippen LogP contribution is 2.45. The van der Waals surface area contributed by atoms with Gasteiger partial charge in [0.25, 0.3) is 28.5 Å². The molecule has 0 aromatic carbocycles. The first-order chi connectivity index (χ1) is 46.3. The average molecular weight is 1520 g/mol. The predicted octanol–water partition coefficient (Wildman–Crippen LogP) is 10.9. The van der Waals surface area contributed by atoms with Crippen LogP contribution in [0, 0.1) is 0 Å². The molecule has 2 amide bonds. The van der Waals surface area contributed by atoms with Gasteiger partial charge in [-0.1, -0.05) is 20.8 Å². The van der Waals surface area contributed by atoms with Crippen molar-refractivity contribution in [3.8, 4) is 11.5 Å². The second-order valence-corrected chi connectivity index (χ2v) is 29.3. The number of imidazole rings is 1. The Kier molecular flexibility index (Phi) is 20.8. The summed E-state index contributed by atoms with van der Waals surface area (Å²) < 4.78 is 317. The number of alkyl halides is 18. The van der Waals surface area contributed by atoms with Gasteiger partial charge in [0.05, 0.1) is 65.5 Å². The first kappa shape index (κ1) is 77.6. The normalized spacial score (nSPS) is 15.0. The van der Waals surface area contributed by atoms with Crippen molar-refractivity contribution in [2.75, 3.05) is 52.6 Å². The summed E-state index contributed by atoms with van der Waals surface area (Å²) in [5.41, 5.74) is -11.1. The van der Waals surface area contributed by atoms with E-state index in [1.54, 1.807) is 0 Å². The quantitative estimate of drug-likeness (QED) is 0.0803. The van der Waals surface area contributed by atoms with E-state index in [0.717, 1.165) is 25.5 Å². The van der Waals surface area contributed by atoms with Crippen LogP contribution in [0.25, 0.3) is 22.6 Å². The molecule has 3 saturated carbocycles. The number of carbonyl (C=O) groups is 2. The molecule has 101 heavy (non-hydrogen) atoms. The number of sulfone groups is 3. The second-order valence-electron chi connectivity index (χ2n) is 22.6. The Morgan fingerprint density at radius 1 is 0.535 bits per heavy atom. The highest BCUT2D eigenvalue weighted by atomic mass is 32.2. The lowest BCUT2D eigenvalue weighted by molar-refractivity contribution is -0.145.